The summed E-state index contributed by atoms with van der Waals surface area (Å²) in [7, 11) is 0. The van der Waals surface area contributed by atoms with Crippen LogP contribution in [0.25, 0.3) is 5.65 Å². The van der Waals surface area contributed by atoms with Gasteiger partial charge in [0.05, 0.1) is 4.47 Å². The van der Waals surface area contributed by atoms with Crippen LogP contribution in [0.5, 0.6) is 0 Å². The molecule has 0 unspecified atom stereocenters. The van der Waals surface area contributed by atoms with Crippen molar-refractivity contribution in [3.8, 4) is 0 Å². The summed E-state index contributed by atoms with van der Waals surface area (Å²) in [6.45, 7) is 2.07. The van der Waals surface area contributed by atoms with E-state index in [-0.39, 0.29) is 5.56 Å². The number of halogens is 1. The van der Waals surface area contributed by atoms with Crippen LogP contribution in [0.3, 0.4) is 0 Å². The molecule has 2 aromatic heterocycles. The van der Waals surface area contributed by atoms with Gasteiger partial charge in [-0.3, -0.25) is 9.89 Å². The molecule has 5 heteroatoms. The molecule has 74 valence electrons. The summed E-state index contributed by atoms with van der Waals surface area (Å²) in [5.74, 6) is 0. The number of nitrogens with one attached hydrogen (secondary N) is 1. The Balaban J connectivity index is 2.69. The first-order valence-corrected chi connectivity index (χ1v) is 5.27. The predicted molar refractivity (Wildman–Crippen MR) is 57.5 cm³/mol. The molecule has 2 heterocycles. The maximum atomic E-state index is 11.6. The second-order valence-electron chi connectivity index (χ2n) is 3.12. The summed E-state index contributed by atoms with van der Waals surface area (Å²) in [5.41, 5.74) is 1.43. The van der Waals surface area contributed by atoms with Gasteiger partial charge in [-0.2, -0.15) is 0 Å². The Hall–Kier alpha value is -1.10. The summed E-state index contributed by atoms with van der Waals surface area (Å²) in [5, 5.41) is 2.82. The molecular formula is C9H10BrN3O. The Bertz CT molecular complexity index is 514. The fraction of sp³-hybridized carbons (Fsp3) is 0.333. The fourth-order valence-corrected chi connectivity index (χ4v) is 1.75. The molecule has 1 N–H and O–H groups in total. The van der Waals surface area contributed by atoms with E-state index in [1.807, 2.05) is 0 Å². The van der Waals surface area contributed by atoms with Gasteiger partial charge in [-0.25, -0.2) is 9.50 Å². The third-order valence-corrected chi connectivity index (χ3v) is 2.60. The van der Waals surface area contributed by atoms with Crippen LogP contribution in [0, 0.1) is 0 Å². The van der Waals surface area contributed by atoms with Crippen LogP contribution in [0.1, 0.15) is 19.0 Å². The third kappa shape index (κ3) is 1.48. The molecule has 0 bridgehead atoms. The molecule has 0 spiro atoms. The summed E-state index contributed by atoms with van der Waals surface area (Å²) in [4.78, 5) is 15.9. The molecule has 4 nitrogen and oxygen atoms in total. The number of nitrogens with zero attached hydrogens (tertiary/aromatic N) is 2. The molecule has 0 aliphatic rings. The second kappa shape index (κ2) is 3.57. The minimum Gasteiger partial charge on any atom is -0.296 e. The van der Waals surface area contributed by atoms with Gasteiger partial charge in [0.25, 0.3) is 5.56 Å². The zero-order valence-corrected chi connectivity index (χ0v) is 9.34. The molecule has 0 amide bonds. The highest BCUT2D eigenvalue weighted by Crippen LogP contribution is 2.13. The van der Waals surface area contributed by atoms with Crippen molar-refractivity contribution in [2.45, 2.75) is 19.8 Å². The second-order valence-corrected chi connectivity index (χ2v) is 3.97. The Labute approximate surface area is 89.1 Å². The Morgan fingerprint density at radius 1 is 1.64 bits per heavy atom. The molecule has 0 aromatic carbocycles. The zero-order chi connectivity index (χ0) is 10.1. The van der Waals surface area contributed by atoms with Crippen molar-refractivity contribution in [1.82, 2.24) is 14.6 Å². The van der Waals surface area contributed by atoms with Crippen LogP contribution in [0.4, 0.5) is 0 Å². The van der Waals surface area contributed by atoms with Crippen LogP contribution in [0.15, 0.2) is 21.5 Å². The topological polar surface area (TPSA) is 50.2 Å². The normalized spacial score (nSPS) is 11.0. The number of fused-ring (bicyclic) bond motifs is 1. The van der Waals surface area contributed by atoms with Crippen LogP contribution < -0.4 is 5.56 Å². The third-order valence-electron chi connectivity index (χ3n) is 2.01. The molecule has 0 saturated carbocycles. The lowest BCUT2D eigenvalue weighted by molar-refractivity contribution is 0.839. The maximum Gasteiger partial charge on any atom is 0.272 e. The van der Waals surface area contributed by atoms with Crippen molar-refractivity contribution in [1.29, 1.82) is 0 Å². The van der Waals surface area contributed by atoms with Gasteiger partial charge in [-0.1, -0.05) is 13.3 Å². The van der Waals surface area contributed by atoms with Gasteiger partial charge in [-0.15, -0.1) is 0 Å². The number of aromatic nitrogens is 3. The highest BCUT2D eigenvalue weighted by atomic mass is 79.9. The van der Waals surface area contributed by atoms with Gasteiger partial charge in [0.2, 0.25) is 0 Å². The molecule has 0 fully saturated rings. The average Bonchev–Trinajstić information content (AvgIpc) is 2.49. The molecular weight excluding hydrogens is 246 g/mol. The van der Waals surface area contributed by atoms with Crippen LogP contribution in [-0.2, 0) is 6.42 Å². The van der Waals surface area contributed by atoms with Crippen molar-refractivity contribution >= 4 is 21.6 Å². The monoisotopic (exact) mass is 255 g/mol. The lowest BCUT2D eigenvalue weighted by Crippen LogP contribution is -2.15. The van der Waals surface area contributed by atoms with Crippen LogP contribution in [0.2, 0.25) is 0 Å². The first-order chi connectivity index (χ1) is 6.72. The Morgan fingerprint density at radius 2 is 2.43 bits per heavy atom. The van der Waals surface area contributed by atoms with Gasteiger partial charge < -0.3 is 0 Å². The number of rotatable bonds is 2. The number of aromatic amines is 1. The number of H-pyrrole nitrogens is 1. The lowest BCUT2D eigenvalue weighted by atomic mass is 10.2. The van der Waals surface area contributed by atoms with E-state index in [0.29, 0.717) is 5.65 Å². The zero-order valence-electron chi connectivity index (χ0n) is 7.75. The van der Waals surface area contributed by atoms with Gasteiger partial charge in [-0.05, 0) is 22.4 Å². The van der Waals surface area contributed by atoms with Gasteiger partial charge in [0.15, 0.2) is 5.65 Å². The predicted octanol–water partition coefficient (Wildman–Crippen LogP) is 1.74. The largest absolute Gasteiger partial charge is 0.296 e. The van der Waals surface area contributed by atoms with Crippen molar-refractivity contribution in [2.24, 2.45) is 0 Å². The lowest BCUT2D eigenvalue weighted by Gasteiger charge is -1.98. The molecule has 0 aliphatic heterocycles. The Kier molecular flexibility index (Phi) is 2.41. The van der Waals surface area contributed by atoms with Gasteiger partial charge in [0.1, 0.15) is 0 Å². The molecule has 0 atom stereocenters. The highest BCUT2D eigenvalue weighted by molar-refractivity contribution is 9.10. The quantitative estimate of drug-likeness (QED) is 0.889. The highest BCUT2D eigenvalue weighted by Gasteiger charge is 2.05. The van der Waals surface area contributed by atoms with E-state index in [1.54, 1.807) is 12.3 Å². The van der Waals surface area contributed by atoms with Crippen LogP contribution >= 0.6 is 15.9 Å². The average molecular weight is 256 g/mol. The van der Waals surface area contributed by atoms with E-state index in [1.165, 1.54) is 4.52 Å². The standard InChI is InChI=1S/C9H10BrN3O/c1-2-3-6-4-8(14)13-9(12-6)7(10)5-11-13/h4-5,11H,2-3H2,1H3. The van der Waals surface area contributed by atoms with E-state index < -0.39 is 0 Å². The molecule has 0 radical (unpaired) electrons. The van der Waals surface area contributed by atoms with E-state index >= 15 is 0 Å². The molecule has 14 heavy (non-hydrogen) atoms. The summed E-state index contributed by atoms with van der Waals surface area (Å²) in [6.07, 6.45) is 3.54. The Morgan fingerprint density at radius 3 is 3.14 bits per heavy atom. The van der Waals surface area contributed by atoms with E-state index in [2.05, 4.69) is 32.9 Å². The maximum absolute atomic E-state index is 11.6. The number of hydrogen-bond donors (Lipinski definition) is 1. The van der Waals surface area contributed by atoms with Gasteiger partial charge in [0, 0.05) is 18.0 Å². The van der Waals surface area contributed by atoms with E-state index in [4.69, 9.17) is 0 Å². The smallest absolute Gasteiger partial charge is 0.272 e. The first kappa shape index (κ1) is 9.45. The molecule has 2 aromatic rings. The fourth-order valence-electron chi connectivity index (χ4n) is 1.38. The number of aryl methyl sites for hydroxylation is 1. The molecule has 2 rings (SSSR count). The van der Waals surface area contributed by atoms with E-state index in [9.17, 15) is 4.79 Å². The van der Waals surface area contributed by atoms with Crippen molar-refractivity contribution < 1.29 is 0 Å². The molecule has 0 aliphatic carbocycles. The SMILES string of the molecule is CCCc1cc(=O)n2[nH]cc(Br)c2n1. The summed E-state index contributed by atoms with van der Waals surface area (Å²) < 4.78 is 2.23. The minimum absolute atomic E-state index is 0.0656. The first-order valence-electron chi connectivity index (χ1n) is 4.48. The van der Waals surface area contributed by atoms with Crippen molar-refractivity contribution in [3.63, 3.8) is 0 Å². The van der Waals surface area contributed by atoms with Gasteiger partial charge >= 0.3 is 0 Å². The number of hydrogen-bond acceptors (Lipinski definition) is 2. The minimum atomic E-state index is -0.0656. The molecule has 0 saturated heterocycles. The van der Waals surface area contributed by atoms with Crippen LogP contribution in [-0.4, -0.2) is 14.6 Å². The van der Waals surface area contributed by atoms with E-state index in [0.717, 1.165) is 23.0 Å². The van der Waals surface area contributed by atoms with Crippen molar-refractivity contribution in [2.75, 3.05) is 0 Å². The summed E-state index contributed by atoms with van der Waals surface area (Å²) in [6, 6.07) is 1.57. The van der Waals surface area contributed by atoms with Crippen molar-refractivity contribution in [3.05, 3.63) is 32.8 Å². The summed E-state index contributed by atoms with van der Waals surface area (Å²) >= 11 is 3.33.